The summed E-state index contributed by atoms with van der Waals surface area (Å²) >= 11 is 3.32. The number of rotatable bonds is 6. The van der Waals surface area contributed by atoms with Crippen molar-refractivity contribution in [2.24, 2.45) is 5.73 Å². The monoisotopic (exact) mass is 413 g/mol. The molecule has 0 unspecified atom stereocenters. The predicted octanol–water partition coefficient (Wildman–Crippen LogP) is 3.17. The van der Waals surface area contributed by atoms with Crippen LogP contribution in [-0.4, -0.2) is 18.4 Å². The number of carbonyl (C=O) groups excluding carboxylic acids is 2. The van der Waals surface area contributed by atoms with Crippen LogP contribution >= 0.6 is 15.9 Å². The Morgan fingerprint density at radius 2 is 1.96 bits per heavy atom. The number of anilines is 1. The zero-order valence-electron chi connectivity index (χ0n) is 14.0. The fourth-order valence-electron chi connectivity index (χ4n) is 2.02. The highest BCUT2D eigenvalue weighted by Crippen LogP contribution is 2.27. The lowest BCUT2D eigenvalue weighted by Gasteiger charge is -2.07. The molecule has 26 heavy (non-hydrogen) atoms. The van der Waals surface area contributed by atoms with Gasteiger partial charge in [-0.25, -0.2) is 0 Å². The van der Waals surface area contributed by atoms with Crippen molar-refractivity contribution in [3.8, 4) is 11.8 Å². The fourth-order valence-corrected chi connectivity index (χ4v) is 2.53. The molecule has 0 aromatic heterocycles. The highest BCUT2D eigenvalue weighted by Gasteiger charge is 2.10. The molecule has 0 atom stereocenters. The number of carbonyl (C=O) groups is 2. The van der Waals surface area contributed by atoms with Gasteiger partial charge in [0.2, 0.25) is 0 Å². The third-order valence-corrected chi connectivity index (χ3v) is 3.93. The predicted molar refractivity (Wildman–Crippen MR) is 102 cm³/mol. The van der Waals surface area contributed by atoms with Crippen LogP contribution in [0.15, 0.2) is 52.5 Å². The highest BCUT2D eigenvalue weighted by atomic mass is 79.9. The van der Waals surface area contributed by atoms with Crippen LogP contribution in [0, 0.1) is 18.3 Å². The van der Waals surface area contributed by atoms with Crippen LogP contribution in [-0.2, 0) is 9.59 Å². The normalized spacial score (nSPS) is 10.7. The number of halogens is 1. The summed E-state index contributed by atoms with van der Waals surface area (Å²) in [6, 6.07) is 14.1. The van der Waals surface area contributed by atoms with E-state index in [1.807, 2.05) is 25.1 Å². The molecule has 0 heterocycles. The Bertz CT molecular complexity index is 899. The molecule has 3 N–H and O–H groups in total. The first-order valence-electron chi connectivity index (χ1n) is 7.59. The Labute approximate surface area is 159 Å². The van der Waals surface area contributed by atoms with Crippen LogP contribution < -0.4 is 15.8 Å². The van der Waals surface area contributed by atoms with Crippen molar-refractivity contribution in [2.45, 2.75) is 6.92 Å². The molecule has 0 spiro atoms. The van der Waals surface area contributed by atoms with E-state index in [9.17, 15) is 14.9 Å². The smallest absolute Gasteiger partial charge is 0.266 e. The summed E-state index contributed by atoms with van der Waals surface area (Å²) in [6.07, 6.45) is 1.46. The molecule has 6 nitrogen and oxygen atoms in total. The molecule has 2 aromatic carbocycles. The minimum Gasteiger partial charge on any atom is -0.483 e. The molecule has 0 aliphatic carbocycles. The number of hydrogen-bond donors (Lipinski definition) is 2. The van der Waals surface area contributed by atoms with Crippen molar-refractivity contribution in [3.63, 3.8) is 0 Å². The lowest BCUT2D eigenvalue weighted by Crippen LogP contribution is -2.20. The van der Waals surface area contributed by atoms with Gasteiger partial charge in [-0.2, -0.15) is 5.26 Å². The maximum absolute atomic E-state index is 12.3. The largest absolute Gasteiger partial charge is 0.483 e. The summed E-state index contributed by atoms with van der Waals surface area (Å²) in [6.45, 7) is 1.71. The molecule has 132 valence electrons. The molecule has 0 bridgehead atoms. The van der Waals surface area contributed by atoms with E-state index in [0.29, 0.717) is 21.5 Å². The molecular weight excluding hydrogens is 398 g/mol. The topological polar surface area (TPSA) is 105 Å². The average molecular weight is 414 g/mol. The Kier molecular flexibility index (Phi) is 6.53. The summed E-state index contributed by atoms with van der Waals surface area (Å²) in [5.74, 6) is -0.648. The summed E-state index contributed by atoms with van der Waals surface area (Å²) in [7, 11) is 0. The molecule has 2 rings (SSSR count). The SMILES string of the molecule is Cc1ccc(NC(=O)/C(C#N)=C/c2ccc(OCC(N)=O)c(Br)c2)cc1. The van der Waals surface area contributed by atoms with Crippen LogP contribution in [0.5, 0.6) is 5.75 Å². The lowest BCUT2D eigenvalue weighted by atomic mass is 10.1. The Balaban J connectivity index is 2.15. The van der Waals surface area contributed by atoms with E-state index in [1.54, 1.807) is 30.3 Å². The van der Waals surface area contributed by atoms with Gasteiger partial charge >= 0.3 is 0 Å². The summed E-state index contributed by atoms with van der Waals surface area (Å²) in [4.78, 5) is 23.0. The van der Waals surface area contributed by atoms with E-state index in [4.69, 9.17) is 10.5 Å². The number of ether oxygens (including phenoxy) is 1. The summed E-state index contributed by atoms with van der Waals surface area (Å²) < 4.78 is 5.81. The van der Waals surface area contributed by atoms with E-state index in [1.165, 1.54) is 6.08 Å². The van der Waals surface area contributed by atoms with Gasteiger partial charge in [0.15, 0.2) is 6.61 Å². The zero-order chi connectivity index (χ0) is 19.1. The minimum absolute atomic E-state index is 0.0386. The Morgan fingerprint density at radius 1 is 1.27 bits per heavy atom. The molecule has 7 heteroatoms. The van der Waals surface area contributed by atoms with Crippen molar-refractivity contribution >= 4 is 39.5 Å². The van der Waals surface area contributed by atoms with Crippen molar-refractivity contribution < 1.29 is 14.3 Å². The Morgan fingerprint density at radius 3 is 2.54 bits per heavy atom. The second-order valence-corrected chi connectivity index (χ2v) is 6.29. The van der Waals surface area contributed by atoms with Gasteiger partial charge in [-0.3, -0.25) is 9.59 Å². The van der Waals surface area contributed by atoms with Gasteiger partial charge in [0, 0.05) is 5.69 Å². The molecule has 0 radical (unpaired) electrons. The quantitative estimate of drug-likeness (QED) is 0.560. The summed E-state index contributed by atoms with van der Waals surface area (Å²) in [5.41, 5.74) is 7.31. The first-order valence-corrected chi connectivity index (χ1v) is 8.39. The maximum Gasteiger partial charge on any atom is 0.266 e. The van der Waals surface area contributed by atoms with Crippen LogP contribution in [0.1, 0.15) is 11.1 Å². The number of benzene rings is 2. The highest BCUT2D eigenvalue weighted by molar-refractivity contribution is 9.10. The van der Waals surface area contributed by atoms with E-state index >= 15 is 0 Å². The minimum atomic E-state index is -0.583. The zero-order valence-corrected chi connectivity index (χ0v) is 15.5. The molecule has 0 aliphatic rings. The number of hydrogen-bond acceptors (Lipinski definition) is 4. The van der Waals surface area contributed by atoms with Gasteiger partial charge in [0.1, 0.15) is 17.4 Å². The van der Waals surface area contributed by atoms with Crippen LogP contribution in [0.25, 0.3) is 6.08 Å². The van der Waals surface area contributed by atoms with Crippen molar-refractivity contribution in [3.05, 3.63) is 63.6 Å². The van der Waals surface area contributed by atoms with E-state index in [0.717, 1.165) is 5.56 Å². The number of amides is 2. The third kappa shape index (κ3) is 5.46. The van der Waals surface area contributed by atoms with E-state index in [2.05, 4.69) is 21.2 Å². The van der Waals surface area contributed by atoms with Crippen LogP contribution in [0.4, 0.5) is 5.69 Å². The number of aryl methyl sites for hydroxylation is 1. The average Bonchev–Trinajstić information content (AvgIpc) is 2.60. The Hall–Kier alpha value is -3.11. The fraction of sp³-hybridized carbons (Fsp3) is 0.105. The number of nitrogens with one attached hydrogen (secondary N) is 1. The van der Waals surface area contributed by atoms with Gasteiger partial charge in [-0.1, -0.05) is 23.8 Å². The van der Waals surface area contributed by atoms with E-state index in [-0.39, 0.29) is 12.2 Å². The van der Waals surface area contributed by atoms with Crippen molar-refractivity contribution in [1.29, 1.82) is 5.26 Å². The number of nitrogens with zero attached hydrogens (tertiary/aromatic N) is 1. The van der Waals surface area contributed by atoms with Gasteiger partial charge < -0.3 is 15.8 Å². The van der Waals surface area contributed by atoms with Gasteiger partial charge in [0.05, 0.1) is 4.47 Å². The molecule has 2 aromatic rings. The third-order valence-electron chi connectivity index (χ3n) is 3.31. The molecule has 0 saturated carbocycles. The van der Waals surface area contributed by atoms with Crippen molar-refractivity contribution in [2.75, 3.05) is 11.9 Å². The van der Waals surface area contributed by atoms with Crippen molar-refractivity contribution in [1.82, 2.24) is 0 Å². The first-order chi connectivity index (χ1) is 12.4. The number of nitrogens with two attached hydrogens (primary N) is 1. The van der Waals surface area contributed by atoms with E-state index < -0.39 is 11.8 Å². The van der Waals surface area contributed by atoms with Crippen LogP contribution in [0.3, 0.4) is 0 Å². The number of primary amides is 1. The second-order valence-electron chi connectivity index (χ2n) is 5.43. The standard InChI is InChI=1S/C19H16BrN3O3/c1-12-2-5-15(6-3-12)23-19(25)14(10-21)8-13-4-7-17(16(20)9-13)26-11-18(22)24/h2-9H,11H2,1H3,(H2,22,24)(H,23,25)/b14-8+. The molecular formula is C19H16BrN3O3. The molecule has 0 fully saturated rings. The van der Waals surface area contributed by atoms with Crippen LogP contribution in [0.2, 0.25) is 0 Å². The van der Waals surface area contributed by atoms with Gasteiger partial charge in [0.25, 0.3) is 11.8 Å². The van der Waals surface area contributed by atoms with Gasteiger partial charge in [-0.05, 0) is 58.8 Å². The molecule has 0 aliphatic heterocycles. The van der Waals surface area contributed by atoms with Gasteiger partial charge in [-0.15, -0.1) is 0 Å². The maximum atomic E-state index is 12.3. The summed E-state index contributed by atoms with van der Waals surface area (Å²) in [5, 5.41) is 12.0. The lowest BCUT2D eigenvalue weighted by molar-refractivity contribution is -0.120. The molecule has 2 amide bonds. The molecule has 0 saturated heterocycles. The second kappa shape index (κ2) is 8.83. The number of nitriles is 1. The first kappa shape index (κ1) is 19.2.